The van der Waals surface area contributed by atoms with Crippen LogP contribution in [0, 0.1) is 5.92 Å². The molecule has 1 amide bonds. The van der Waals surface area contributed by atoms with Gasteiger partial charge in [-0.25, -0.2) is 12.7 Å². The lowest BCUT2D eigenvalue weighted by Crippen LogP contribution is -2.43. The van der Waals surface area contributed by atoms with Crippen molar-refractivity contribution >= 4 is 21.9 Å². The molecule has 19 heavy (non-hydrogen) atoms. The molecule has 1 heterocycles. The van der Waals surface area contributed by atoms with Gasteiger partial charge in [-0.05, 0) is 19.8 Å². The number of sulfonamides is 1. The minimum absolute atomic E-state index is 0.140. The van der Waals surface area contributed by atoms with Crippen molar-refractivity contribution in [3.05, 3.63) is 0 Å². The topological polar surface area (TPSA) is 92.8 Å². The molecule has 7 nitrogen and oxygen atoms in total. The second-order valence-corrected chi connectivity index (χ2v) is 6.44. The summed E-state index contributed by atoms with van der Waals surface area (Å²) in [5.74, 6) is -0.932. The van der Waals surface area contributed by atoms with Crippen molar-refractivity contribution in [2.45, 2.75) is 19.8 Å². The molecule has 1 fully saturated rings. The Hall–Kier alpha value is -1.15. The first-order valence-corrected chi connectivity index (χ1v) is 8.08. The zero-order valence-electron chi connectivity index (χ0n) is 11.2. The molecule has 1 rings (SSSR count). The lowest BCUT2D eigenvalue weighted by Gasteiger charge is -2.29. The highest BCUT2D eigenvalue weighted by Crippen LogP contribution is 2.19. The van der Waals surface area contributed by atoms with E-state index in [2.05, 4.69) is 5.32 Å². The second kappa shape index (κ2) is 6.85. The molecule has 0 aromatic rings. The zero-order chi connectivity index (χ0) is 14.5. The maximum Gasteiger partial charge on any atom is 0.325 e. The third-order valence-electron chi connectivity index (χ3n) is 3.01. The molecular formula is C11H20N2O5S. The molecule has 8 heteroatoms. The van der Waals surface area contributed by atoms with Crippen molar-refractivity contribution in [1.82, 2.24) is 9.62 Å². The molecule has 1 aliphatic rings. The average Bonchev–Trinajstić information content (AvgIpc) is 2.35. The van der Waals surface area contributed by atoms with Gasteiger partial charge in [0.05, 0.1) is 12.9 Å². The summed E-state index contributed by atoms with van der Waals surface area (Å²) in [5, 5.41) is 2.51. The predicted molar refractivity (Wildman–Crippen MR) is 68.8 cm³/mol. The lowest BCUT2D eigenvalue weighted by atomic mass is 9.97. The van der Waals surface area contributed by atoms with Crippen LogP contribution in [0.15, 0.2) is 0 Å². The molecule has 0 aromatic heterocycles. The normalized spacial score (nSPS) is 18.0. The third kappa shape index (κ3) is 5.15. The number of rotatable bonds is 5. The van der Waals surface area contributed by atoms with Gasteiger partial charge in [-0.1, -0.05) is 0 Å². The van der Waals surface area contributed by atoms with E-state index in [0.717, 1.165) is 6.26 Å². The van der Waals surface area contributed by atoms with Crippen LogP contribution in [-0.2, 0) is 24.3 Å². The Kier molecular flexibility index (Phi) is 5.74. The van der Waals surface area contributed by atoms with Gasteiger partial charge in [0.25, 0.3) is 0 Å². The summed E-state index contributed by atoms with van der Waals surface area (Å²) in [6, 6.07) is 0. The number of hydrogen-bond acceptors (Lipinski definition) is 5. The maximum absolute atomic E-state index is 11.8. The number of amides is 1. The largest absolute Gasteiger partial charge is 0.465 e. The van der Waals surface area contributed by atoms with Gasteiger partial charge in [0, 0.05) is 19.0 Å². The highest BCUT2D eigenvalue weighted by molar-refractivity contribution is 7.88. The molecule has 110 valence electrons. The predicted octanol–water partition coefficient (Wildman–Crippen LogP) is -0.663. The van der Waals surface area contributed by atoms with Crippen LogP contribution in [0.5, 0.6) is 0 Å². The van der Waals surface area contributed by atoms with Crippen molar-refractivity contribution in [3.8, 4) is 0 Å². The van der Waals surface area contributed by atoms with Crippen molar-refractivity contribution in [2.75, 3.05) is 32.5 Å². The third-order valence-corrected chi connectivity index (χ3v) is 4.31. The van der Waals surface area contributed by atoms with Gasteiger partial charge in [-0.3, -0.25) is 9.59 Å². The Labute approximate surface area is 113 Å². The molecule has 1 N–H and O–H groups in total. The summed E-state index contributed by atoms with van der Waals surface area (Å²) in [6.45, 7) is 2.52. The Bertz CT molecular complexity index is 426. The van der Waals surface area contributed by atoms with Gasteiger partial charge >= 0.3 is 5.97 Å². The van der Waals surface area contributed by atoms with E-state index in [1.54, 1.807) is 6.92 Å². The number of esters is 1. The number of piperidine rings is 1. The first-order chi connectivity index (χ1) is 8.84. The van der Waals surface area contributed by atoms with Gasteiger partial charge < -0.3 is 10.1 Å². The average molecular weight is 292 g/mol. The standard InChI is InChI=1S/C11H20N2O5S/c1-3-18-10(14)8-12-11(15)9-4-6-13(7-5-9)19(2,16)17/h9H,3-8H2,1-2H3,(H,12,15). The number of ether oxygens (including phenoxy) is 1. The van der Waals surface area contributed by atoms with E-state index in [-0.39, 0.29) is 25.0 Å². The van der Waals surface area contributed by atoms with Crippen LogP contribution < -0.4 is 5.32 Å². The van der Waals surface area contributed by atoms with Crippen LogP contribution in [0.1, 0.15) is 19.8 Å². The lowest BCUT2D eigenvalue weighted by molar-refractivity contribution is -0.144. The molecule has 1 aliphatic heterocycles. The van der Waals surface area contributed by atoms with E-state index in [1.165, 1.54) is 4.31 Å². The van der Waals surface area contributed by atoms with Crippen LogP contribution in [-0.4, -0.2) is 57.1 Å². The fourth-order valence-electron chi connectivity index (χ4n) is 1.97. The van der Waals surface area contributed by atoms with Crippen LogP contribution in [0.4, 0.5) is 0 Å². The van der Waals surface area contributed by atoms with Crippen molar-refractivity contribution in [3.63, 3.8) is 0 Å². The molecule has 0 radical (unpaired) electrons. The minimum Gasteiger partial charge on any atom is -0.465 e. The summed E-state index contributed by atoms with van der Waals surface area (Å²) in [6.07, 6.45) is 2.11. The van der Waals surface area contributed by atoms with Crippen molar-refractivity contribution < 1.29 is 22.7 Å². The molecule has 0 aliphatic carbocycles. The summed E-state index contributed by atoms with van der Waals surface area (Å²) < 4.78 is 28.7. The van der Waals surface area contributed by atoms with Gasteiger partial charge in [0.15, 0.2) is 0 Å². The summed E-state index contributed by atoms with van der Waals surface area (Å²) >= 11 is 0. The number of carbonyl (C=O) groups is 2. The molecule has 0 saturated carbocycles. The first-order valence-electron chi connectivity index (χ1n) is 6.23. The van der Waals surface area contributed by atoms with E-state index >= 15 is 0 Å². The quantitative estimate of drug-likeness (QED) is 0.679. The van der Waals surface area contributed by atoms with Crippen LogP contribution in [0.25, 0.3) is 0 Å². The second-order valence-electron chi connectivity index (χ2n) is 4.46. The monoisotopic (exact) mass is 292 g/mol. The molecule has 1 saturated heterocycles. The highest BCUT2D eigenvalue weighted by atomic mass is 32.2. The SMILES string of the molecule is CCOC(=O)CNC(=O)C1CCN(S(C)(=O)=O)CC1. The maximum atomic E-state index is 11.8. The molecule has 0 atom stereocenters. The van der Waals surface area contributed by atoms with Crippen molar-refractivity contribution in [2.24, 2.45) is 5.92 Å². The number of hydrogen-bond donors (Lipinski definition) is 1. The molecular weight excluding hydrogens is 272 g/mol. The summed E-state index contributed by atoms with van der Waals surface area (Å²) in [5.41, 5.74) is 0. The van der Waals surface area contributed by atoms with Gasteiger partial charge in [0.2, 0.25) is 15.9 Å². The molecule has 0 bridgehead atoms. The fourth-order valence-corrected chi connectivity index (χ4v) is 2.84. The Morgan fingerprint density at radius 2 is 1.89 bits per heavy atom. The highest BCUT2D eigenvalue weighted by Gasteiger charge is 2.28. The zero-order valence-corrected chi connectivity index (χ0v) is 12.0. The summed E-state index contributed by atoms with van der Waals surface area (Å²) in [7, 11) is -3.18. The van der Waals surface area contributed by atoms with Gasteiger partial charge in [-0.2, -0.15) is 0 Å². The molecule has 0 spiro atoms. The fraction of sp³-hybridized carbons (Fsp3) is 0.818. The van der Waals surface area contributed by atoms with E-state index < -0.39 is 16.0 Å². The Morgan fingerprint density at radius 1 is 1.32 bits per heavy atom. The van der Waals surface area contributed by atoms with E-state index in [1.807, 2.05) is 0 Å². The number of nitrogens with one attached hydrogen (secondary N) is 1. The van der Waals surface area contributed by atoms with E-state index in [0.29, 0.717) is 25.9 Å². The first kappa shape index (κ1) is 15.9. The van der Waals surface area contributed by atoms with Crippen LogP contribution >= 0.6 is 0 Å². The smallest absolute Gasteiger partial charge is 0.325 e. The summed E-state index contributed by atoms with van der Waals surface area (Å²) in [4.78, 5) is 22.9. The molecule has 0 aromatic carbocycles. The van der Waals surface area contributed by atoms with E-state index in [9.17, 15) is 18.0 Å². The van der Waals surface area contributed by atoms with Crippen LogP contribution in [0.2, 0.25) is 0 Å². The number of nitrogens with zero attached hydrogens (tertiary/aromatic N) is 1. The van der Waals surface area contributed by atoms with E-state index in [4.69, 9.17) is 4.74 Å². The Balaban J connectivity index is 2.35. The van der Waals surface area contributed by atoms with Crippen molar-refractivity contribution in [1.29, 1.82) is 0 Å². The van der Waals surface area contributed by atoms with Gasteiger partial charge in [0.1, 0.15) is 6.54 Å². The number of carbonyl (C=O) groups excluding carboxylic acids is 2. The van der Waals surface area contributed by atoms with Crippen LogP contribution in [0.3, 0.4) is 0 Å². The Morgan fingerprint density at radius 3 is 2.37 bits per heavy atom. The molecule has 0 unspecified atom stereocenters. The minimum atomic E-state index is -3.18. The van der Waals surface area contributed by atoms with Gasteiger partial charge in [-0.15, -0.1) is 0 Å².